The van der Waals surface area contributed by atoms with E-state index in [0.29, 0.717) is 24.7 Å². The molecule has 0 saturated carbocycles. The third-order valence-electron chi connectivity index (χ3n) is 4.28. The minimum atomic E-state index is -0.310. The topological polar surface area (TPSA) is 76.1 Å². The van der Waals surface area contributed by atoms with Gasteiger partial charge in [0.25, 0.3) is 5.91 Å². The molecule has 0 aliphatic carbocycles. The summed E-state index contributed by atoms with van der Waals surface area (Å²) in [5, 5.41) is 5.95. The zero-order valence-corrected chi connectivity index (χ0v) is 16.4. The van der Waals surface area contributed by atoms with Gasteiger partial charge in [0.05, 0.1) is 7.11 Å². The van der Waals surface area contributed by atoms with E-state index >= 15 is 0 Å². The number of anilines is 1. The summed E-state index contributed by atoms with van der Waals surface area (Å²) in [7, 11) is 1.64. The SMILES string of the molecule is COc1cccc(CCNc2nc(C)cc(C(=O)NCc3ccc(F)cc3)n2)c1. The van der Waals surface area contributed by atoms with Gasteiger partial charge in [0, 0.05) is 18.8 Å². The van der Waals surface area contributed by atoms with Crippen LogP contribution in [-0.2, 0) is 13.0 Å². The Labute approximate surface area is 169 Å². The van der Waals surface area contributed by atoms with Crippen molar-refractivity contribution in [3.8, 4) is 5.75 Å². The van der Waals surface area contributed by atoms with Crippen LogP contribution in [0.1, 0.15) is 27.3 Å². The Morgan fingerprint density at radius 1 is 1.07 bits per heavy atom. The first-order chi connectivity index (χ1) is 14.0. The maximum absolute atomic E-state index is 13.0. The summed E-state index contributed by atoms with van der Waals surface area (Å²) in [5.74, 6) is 0.598. The van der Waals surface area contributed by atoms with Crippen molar-refractivity contribution < 1.29 is 13.9 Å². The van der Waals surface area contributed by atoms with Crippen molar-refractivity contribution in [2.75, 3.05) is 19.0 Å². The highest BCUT2D eigenvalue weighted by molar-refractivity contribution is 5.92. The fourth-order valence-corrected chi connectivity index (χ4v) is 2.79. The van der Waals surface area contributed by atoms with E-state index in [1.54, 1.807) is 25.3 Å². The summed E-state index contributed by atoms with van der Waals surface area (Å²) < 4.78 is 18.2. The second kappa shape index (κ2) is 9.64. The van der Waals surface area contributed by atoms with Gasteiger partial charge in [-0.15, -0.1) is 0 Å². The van der Waals surface area contributed by atoms with E-state index in [0.717, 1.165) is 23.3 Å². The summed E-state index contributed by atoms with van der Waals surface area (Å²) in [6, 6.07) is 15.5. The number of methoxy groups -OCH3 is 1. The largest absolute Gasteiger partial charge is 0.497 e. The number of halogens is 1. The van der Waals surface area contributed by atoms with Crippen molar-refractivity contribution in [1.82, 2.24) is 15.3 Å². The van der Waals surface area contributed by atoms with Gasteiger partial charge in [-0.3, -0.25) is 4.79 Å². The lowest BCUT2D eigenvalue weighted by molar-refractivity contribution is 0.0945. The standard InChI is InChI=1S/C22H23FN4O2/c1-15-12-20(21(28)25-14-17-6-8-18(23)9-7-17)27-22(26-15)24-11-10-16-4-3-5-19(13-16)29-2/h3-9,12-13H,10-11,14H2,1-2H3,(H,25,28)(H,24,26,27). The van der Waals surface area contributed by atoms with Gasteiger partial charge in [0.2, 0.25) is 5.95 Å². The molecule has 0 unspecified atom stereocenters. The first-order valence-corrected chi connectivity index (χ1v) is 9.28. The molecule has 1 amide bonds. The van der Waals surface area contributed by atoms with Gasteiger partial charge in [-0.2, -0.15) is 0 Å². The number of rotatable bonds is 8. The fraction of sp³-hybridized carbons (Fsp3) is 0.227. The molecule has 150 valence electrons. The van der Waals surface area contributed by atoms with Gasteiger partial charge >= 0.3 is 0 Å². The third kappa shape index (κ3) is 6.00. The van der Waals surface area contributed by atoms with Crippen LogP contribution in [0.4, 0.5) is 10.3 Å². The van der Waals surface area contributed by atoms with Crippen LogP contribution < -0.4 is 15.4 Å². The molecule has 0 fully saturated rings. The molecule has 3 aromatic rings. The molecule has 29 heavy (non-hydrogen) atoms. The van der Waals surface area contributed by atoms with Crippen molar-refractivity contribution in [1.29, 1.82) is 0 Å². The maximum Gasteiger partial charge on any atom is 0.270 e. The molecule has 3 rings (SSSR count). The average Bonchev–Trinajstić information content (AvgIpc) is 2.73. The number of nitrogens with zero attached hydrogens (tertiary/aromatic N) is 2. The first kappa shape index (κ1) is 20.3. The highest BCUT2D eigenvalue weighted by atomic mass is 19.1. The third-order valence-corrected chi connectivity index (χ3v) is 4.28. The summed E-state index contributed by atoms with van der Waals surface area (Å²) in [6.45, 7) is 2.72. The minimum absolute atomic E-state index is 0.281. The van der Waals surface area contributed by atoms with Crippen molar-refractivity contribution in [2.45, 2.75) is 19.9 Å². The molecule has 0 atom stereocenters. The molecular formula is C22H23FN4O2. The first-order valence-electron chi connectivity index (χ1n) is 9.28. The Bertz CT molecular complexity index is 977. The lowest BCUT2D eigenvalue weighted by atomic mass is 10.1. The summed E-state index contributed by atoms with van der Waals surface area (Å²) in [5.41, 5.74) is 2.91. The summed E-state index contributed by atoms with van der Waals surface area (Å²) >= 11 is 0. The van der Waals surface area contributed by atoms with E-state index in [1.807, 2.05) is 31.2 Å². The molecule has 0 radical (unpaired) electrons. The molecule has 1 aromatic heterocycles. The number of hydrogen-bond acceptors (Lipinski definition) is 5. The molecule has 2 N–H and O–H groups in total. The van der Waals surface area contributed by atoms with E-state index in [4.69, 9.17) is 4.74 Å². The normalized spacial score (nSPS) is 10.4. The van der Waals surface area contributed by atoms with Crippen molar-refractivity contribution in [3.05, 3.63) is 82.9 Å². The second-order valence-electron chi connectivity index (χ2n) is 6.56. The van der Waals surface area contributed by atoms with Crippen molar-refractivity contribution in [3.63, 3.8) is 0 Å². The maximum atomic E-state index is 13.0. The smallest absolute Gasteiger partial charge is 0.270 e. The summed E-state index contributed by atoms with van der Waals surface area (Å²) in [6.07, 6.45) is 0.764. The number of benzene rings is 2. The number of carbonyl (C=O) groups is 1. The molecule has 0 spiro atoms. The fourth-order valence-electron chi connectivity index (χ4n) is 2.79. The molecule has 7 heteroatoms. The van der Waals surface area contributed by atoms with E-state index in [1.165, 1.54) is 12.1 Å². The van der Waals surface area contributed by atoms with Crippen LogP contribution in [-0.4, -0.2) is 29.5 Å². The predicted molar refractivity (Wildman–Crippen MR) is 110 cm³/mol. The Balaban J connectivity index is 1.58. The second-order valence-corrected chi connectivity index (χ2v) is 6.56. The van der Waals surface area contributed by atoms with Crippen LogP contribution >= 0.6 is 0 Å². The highest BCUT2D eigenvalue weighted by Crippen LogP contribution is 2.13. The average molecular weight is 394 g/mol. The lowest BCUT2D eigenvalue weighted by Gasteiger charge is -2.09. The van der Waals surface area contributed by atoms with E-state index < -0.39 is 0 Å². The van der Waals surface area contributed by atoms with Crippen LogP contribution in [0.25, 0.3) is 0 Å². The minimum Gasteiger partial charge on any atom is -0.497 e. The molecular weight excluding hydrogens is 371 g/mol. The van der Waals surface area contributed by atoms with E-state index in [-0.39, 0.29) is 17.4 Å². The van der Waals surface area contributed by atoms with Gasteiger partial charge in [-0.1, -0.05) is 24.3 Å². The van der Waals surface area contributed by atoms with E-state index in [9.17, 15) is 9.18 Å². The summed E-state index contributed by atoms with van der Waals surface area (Å²) in [4.78, 5) is 21.1. The Morgan fingerprint density at radius 3 is 2.62 bits per heavy atom. The molecule has 0 saturated heterocycles. The lowest BCUT2D eigenvalue weighted by Crippen LogP contribution is -2.24. The van der Waals surface area contributed by atoms with Crippen molar-refractivity contribution >= 4 is 11.9 Å². The van der Waals surface area contributed by atoms with Crippen LogP contribution in [0.15, 0.2) is 54.6 Å². The van der Waals surface area contributed by atoms with E-state index in [2.05, 4.69) is 20.6 Å². The number of aromatic nitrogens is 2. The molecule has 0 bridgehead atoms. The predicted octanol–water partition coefficient (Wildman–Crippen LogP) is 3.52. The molecule has 0 aliphatic heterocycles. The van der Waals surface area contributed by atoms with Gasteiger partial charge < -0.3 is 15.4 Å². The Hall–Kier alpha value is -3.48. The zero-order valence-electron chi connectivity index (χ0n) is 16.4. The van der Waals surface area contributed by atoms with Crippen LogP contribution in [0.2, 0.25) is 0 Å². The number of carbonyl (C=O) groups excluding carboxylic acids is 1. The van der Waals surface area contributed by atoms with Gasteiger partial charge in [-0.05, 0) is 54.8 Å². The number of nitrogens with one attached hydrogen (secondary N) is 2. The number of aryl methyl sites for hydroxylation is 1. The van der Waals surface area contributed by atoms with Crippen LogP contribution in [0.5, 0.6) is 5.75 Å². The number of hydrogen-bond donors (Lipinski definition) is 2. The quantitative estimate of drug-likeness (QED) is 0.611. The number of amides is 1. The molecule has 1 heterocycles. The molecule has 2 aromatic carbocycles. The van der Waals surface area contributed by atoms with Crippen molar-refractivity contribution in [2.24, 2.45) is 0 Å². The monoisotopic (exact) mass is 394 g/mol. The molecule has 6 nitrogen and oxygen atoms in total. The number of ether oxygens (including phenoxy) is 1. The highest BCUT2D eigenvalue weighted by Gasteiger charge is 2.10. The Morgan fingerprint density at radius 2 is 1.86 bits per heavy atom. The van der Waals surface area contributed by atoms with Crippen LogP contribution in [0, 0.1) is 12.7 Å². The molecule has 0 aliphatic rings. The van der Waals surface area contributed by atoms with Gasteiger partial charge in [0.15, 0.2) is 0 Å². The Kier molecular flexibility index (Phi) is 6.73. The zero-order chi connectivity index (χ0) is 20.6. The van der Waals surface area contributed by atoms with Crippen LogP contribution in [0.3, 0.4) is 0 Å². The van der Waals surface area contributed by atoms with Gasteiger partial charge in [-0.25, -0.2) is 14.4 Å². The van der Waals surface area contributed by atoms with Gasteiger partial charge in [0.1, 0.15) is 17.3 Å².